The molecule has 6 heteroatoms. The van der Waals surface area contributed by atoms with Crippen LogP contribution in [-0.2, 0) is 11.8 Å². The molecule has 2 rings (SSSR count). The molecule has 0 aromatic heterocycles. The third kappa shape index (κ3) is 4.73. The molecule has 0 atom stereocenters. The number of hydrogen-bond donors (Lipinski definition) is 2. The number of hydrogen-bond acceptors (Lipinski definition) is 2. The Morgan fingerprint density at radius 1 is 0.708 bits per heavy atom. The molecular weight excluding hydrogens is 347 g/mol. The van der Waals surface area contributed by atoms with Crippen LogP contribution in [0.25, 0.3) is 0 Å². The normalized spacial score (nSPS) is 10.2. The van der Waals surface area contributed by atoms with Crippen molar-refractivity contribution in [1.29, 1.82) is 0 Å². The van der Waals surface area contributed by atoms with E-state index in [0.717, 1.165) is 11.1 Å². The van der Waals surface area contributed by atoms with Gasteiger partial charge in [-0.15, -0.1) is 23.2 Å². The van der Waals surface area contributed by atoms with E-state index in [9.17, 15) is 9.59 Å². The van der Waals surface area contributed by atoms with Gasteiger partial charge in [0.1, 0.15) is 0 Å². The van der Waals surface area contributed by atoms with Crippen LogP contribution in [0.5, 0.6) is 0 Å². The van der Waals surface area contributed by atoms with Crippen LogP contribution in [0.15, 0.2) is 48.5 Å². The Morgan fingerprint density at radius 2 is 1.08 bits per heavy atom. The van der Waals surface area contributed by atoms with Crippen molar-refractivity contribution >= 4 is 35.0 Å². The lowest BCUT2D eigenvalue weighted by molar-refractivity contribution is 0.0927. The van der Waals surface area contributed by atoms with Crippen LogP contribution in [0.3, 0.4) is 0 Å². The first-order valence-electron chi connectivity index (χ1n) is 7.51. The van der Waals surface area contributed by atoms with E-state index >= 15 is 0 Å². The van der Waals surface area contributed by atoms with E-state index in [4.69, 9.17) is 23.2 Å². The Hall–Kier alpha value is -2.04. The first-order valence-corrected chi connectivity index (χ1v) is 8.58. The maximum atomic E-state index is 12.1. The van der Waals surface area contributed by atoms with Crippen molar-refractivity contribution in [2.75, 3.05) is 13.1 Å². The van der Waals surface area contributed by atoms with Gasteiger partial charge < -0.3 is 10.6 Å². The van der Waals surface area contributed by atoms with Crippen LogP contribution in [0.1, 0.15) is 31.8 Å². The number of benzene rings is 2. The lowest BCUT2D eigenvalue weighted by atomic mass is 10.1. The second kappa shape index (κ2) is 9.30. The number of halogens is 2. The highest BCUT2D eigenvalue weighted by Crippen LogP contribution is 2.12. The van der Waals surface area contributed by atoms with Gasteiger partial charge >= 0.3 is 0 Å². The summed E-state index contributed by atoms with van der Waals surface area (Å²) < 4.78 is 0. The minimum absolute atomic E-state index is 0.207. The first kappa shape index (κ1) is 18.3. The molecule has 24 heavy (non-hydrogen) atoms. The molecule has 2 aromatic rings. The van der Waals surface area contributed by atoms with Crippen LogP contribution in [0, 0.1) is 0 Å². The molecule has 0 aliphatic rings. The average molecular weight is 365 g/mol. The summed E-state index contributed by atoms with van der Waals surface area (Å²) in [5, 5.41) is 5.54. The summed E-state index contributed by atoms with van der Waals surface area (Å²) in [6, 6.07) is 14.3. The van der Waals surface area contributed by atoms with E-state index in [1.54, 1.807) is 24.3 Å². The molecule has 4 nitrogen and oxygen atoms in total. The highest BCUT2D eigenvalue weighted by Gasteiger charge is 2.11. The Kier molecular flexibility index (Phi) is 7.09. The van der Waals surface area contributed by atoms with E-state index in [0.29, 0.717) is 24.2 Å². The maximum Gasteiger partial charge on any atom is 0.251 e. The van der Waals surface area contributed by atoms with Crippen molar-refractivity contribution in [3.63, 3.8) is 0 Å². The van der Waals surface area contributed by atoms with Crippen molar-refractivity contribution in [1.82, 2.24) is 10.6 Å². The summed E-state index contributed by atoms with van der Waals surface area (Å²) in [5.74, 6) is 0.133. The van der Waals surface area contributed by atoms with E-state index in [1.807, 2.05) is 24.3 Å². The van der Waals surface area contributed by atoms with E-state index in [2.05, 4.69) is 10.6 Å². The molecule has 2 aromatic carbocycles. The summed E-state index contributed by atoms with van der Waals surface area (Å²) in [4.78, 5) is 24.3. The van der Waals surface area contributed by atoms with E-state index in [-0.39, 0.29) is 23.6 Å². The van der Waals surface area contributed by atoms with Crippen LogP contribution < -0.4 is 10.6 Å². The van der Waals surface area contributed by atoms with Crippen molar-refractivity contribution in [3.8, 4) is 0 Å². The van der Waals surface area contributed by atoms with Crippen molar-refractivity contribution < 1.29 is 9.59 Å². The van der Waals surface area contributed by atoms with Gasteiger partial charge in [-0.25, -0.2) is 0 Å². The van der Waals surface area contributed by atoms with Gasteiger partial charge in [-0.05, 0) is 23.3 Å². The second-order valence-electron chi connectivity index (χ2n) is 5.09. The van der Waals surface area contributed by atoms with Gasteiger partial charge in [-0.1, -0.05) is 36.4 Å². The predicted molar refractivity (Wildman–Crippen MR) is 96.7 cm³/mol. The Labute approximate surface area is 151 Å². The van der Waals surface area contributed by atoms with Gasteiger partial charge in [-0.3, -0.25) is 9.59 Å². The largest absolute Gasteiger partial charge is 0.350 e. The molecular formula is C18H18Cl2N2O2. The SMILES string of the molecule is O=C(NCCNC(=O)c1ccccc1CCl)c1ccccc1CCl. The summed E-state index contributed by atoms with van der Waals surface area (Å²) in [6.45, 7) is 0.647. The van der Waals surface area contributed by atoms with Gasteiger partial charge in [-0.2, -0.15) is 0 Å². The van der Waals surface area contributed by atoms with Crippen molar-refractivity contribution in [2.24, 2.45) is 0 Å². The molecule has 0 radical (unpaired) electrons. The standard InChI is InChI=1S/C18H18Cl2N2O2/c19-11-13-5-1-3-7-15(13)17(23)21-9-10-22-18(24)16-8-4-2-6-14(16)12-20/h1-8H,9-12H2,(H,21,23)(H,22,24). The molecule has 0 saturated heterocycles. The fourth-order valence-electron chi connectivity index (χ4n) is 2.26. The number of carbonyl (C=O) groups excluding carboxylic acids is 2. The van der Waals surface area contributed by atoms with Crippen LogP contribution >= 0.6 is 23.2 Å². The van der Waals surface area contributed by atoms with Crippen LogP contribution in [-0.4, -0.2) is 24.9 Å². The fraction of sp³-hybridized carbons (Fsp3) is 0.222. The lowest BCUT2D eigenvalue weighted by Gasteiger charge is -2.10. The van der Waals surface area contributed by atoms with Gasteiger partial charge in [0.25, 0.3) is 11.8 Å². The molecule has 0 bridgehead atoms. The molecule has 0 heterocycles. The number of rotatable bonds is 7. The molecule has 2 amide bonds. The minimum atomic E-state index is -0.207. The molecule has 0 spiro atoms. The summed E-state index contributed by atoms with van der Waals surface area (Å²) in [5.41, 5.74) is 2.64. The Bertz CT molecular complexity index is 658. The lowest BCUT2D eigenvalue weighted by Crippen LogP contribution is -2.35. The highest BCUT2D eigenvalue weighted by molar-refractivity contribution is 6.18. The molecule has 126 valence electrons. The smallest absolute Gasteiger partial charge is 0.251 e. The molecule has 0 aliphatic carbocycles. The Morgan fingerprint density at radius 3 is 1.46 bits per heavy atom. The number of carbonyl (C=O) groups is 2. The van der Waals surface area contributed by atoms with E-state index in [1.165, 1.54) is 0 Å². The van der Waals surface area contributed by atoms with Crippen LogP contribution in [0.2, 0.25) is 0 Å². The summed E-state index contributed by atoms with van der Waals surface area (Å²) in [6.07, 6.45) is 0. The van der Waals surface area contributed by atoms with Gasteiger partial charge in [0.05, 0.1) is 0 Å². The Balaban J connectivity index is 1.84. The van der Waals surface area contributed by atoms with Gasteiger partial charge in [0.2, 0.25) is 0 Å². The summed E-state index contributed by atoms with van der Waals surface area (Å²) >= 11 is 11.7. The predicted octanol–water partition coefficient (Wildman–Crippen LogP) is 3.32. The maximum absolute atomic E-state index is 12.1. The molecule has 0 unspecified atom stereocenters. The van der Waals surface area contributed by atoms with Gasteiger partial charge in [0, 0.05) is 36.0 Å². The fourth-order valence-corrected chi connectivity index (χ4v) is 2.73. The zero-order valence-corrected chi connectivity index (χ0v) is 14.5. The quantitative estimate of drug-likeness (QED) is 0.584. The number of amides is 2. The molecule has 0 aliphatic heterocycles. The summed E-state index contributed by atoms with van der Waals surface area (Å²) in [7, 11) is 0. The molecule has 2 N–H and O–H groups in total. The topological polar surface area (TPSA) is 58.2 Å². The number of nitrogens with one attached hydrogen (secondary N) is 2. The third-order valence-corrected chi connectivity index (χ3v) is 4.08. The zero-order chi connectivity index (χ0) is 17.4. The van der Waals surface area contributed by atoms with Crippen molar-refractivity contribution in [3.05, 3.63) is 70.8 Å². The van der Waals surface area contributed by atoms with Crippen LogP contribution in [0.4, 0.5) is 0 Å². The zero-order valence-electron chi connectivity index (χ0n) is 13.0. The van der Waals surface area contributed by atoms with E-state index < -0.39 is 0 Å². The highest BCUT2D eigenvalue weighted by atomic mass is 35.5. The third-order valence-electron chi connectivity index (χ3n) is 3.51. The second-order valence-corrected chi connectivity index (χ2v) is 5.63. The molecule has 0 saturated carbocycles. The first-order chi connectivity index (χ1) is 11.7. The van der Waals surface area contributed by atoms with Gasteiger partial charge in [0.15, 0.2) is 0 Å². The number of alkyl halides is 2. The monoisotopic (exact) mass is 364 g/mol. The minimum Gasteiger partial charge on any atom is -0.350 e. The molecule has 0 fully saturated rings. The van der Waals surface area contributed by atoms with Crippen molar-refractivity contribution in [2.45, 2.75) is 11.8 Å². The average Bonchev–Trinajstić information content (AvgIpc) is 2.64.